The molecule has 0 bridgehead atoms. The van der Waals surface area contributed by atoms with Gasteiger partial charge in [0, 0.05) is 16.7 Å². The van der Waals surface area contributed by atoms with Crippen LogP contribution in [-0.2, 0) is 14.3 Å². The summed E-state index contributed by atoms with van der Waals surface area (Å²) in [6.45, 7) is 1.59. The SMILES string of the molecule is C[C@@H](OC(=O)CCSc1ccc(F)cc1)C(=O)NC1CCCC1. The van der Waals surface area contributed by atoms with Crippen molar-refractivity contribution < 1.29 is 18.7 Å². The number of hydrogen-bond acceptors (Lipinski definition) is 4. The molecular weight excluding hydrogens is 317 g/mol. The summed E-state index contributed by atoms with van der Waals surface area (Å²) in [6.07, 6.45) is 3.73. The van der Waals surface area contributed by atoms with E-state index in [2.05, 4.69) is 5.32 Å². The Labute approximate surface area is 140 Å². The zero-order chi connectivity index (χ0) is 16.7. The highest BCUT2D eigenvalue weighted by molar-refractivity contribution is 7.99. The Hall–Kier alpha value is -1.56. The summed E-state index contributed by atoms with van der Waals surface area (Å²) in [5, 5.41) is 2.91. The van der Waals surface area contributed by atoms with Crippen molar-refractivity contribution in [1.82, 2.24) is 5.32 Å². The van der Waals surface area contributed by atoms with Crippen molar-refractivity contribution >= 4 is 23.6 Å². The van der Waals surface area contributed by atoms with Crippen molar-refractivity contribution in [2.75, 3.05) is 5.75 Å². The molecule has 1 aliphatic carbocycles. The van der Waals surface area contributed by atoms with Crippen LogP contribution in [0.2, 0.25) is 0 Å². The van der Waals surface area contributed by atoms with Crippen LogP contribution in [0.15, 0.2) is 29.2 Å². The molecule has 0 radical (unpaired) electrons. The van der Waals surface area contributed by atoms with E-state index in [1.54, 1.807) is 19.1 Å². The number of carbonyl (C=O) groups excluding carboxylic acids is 2. The Balaban J connectivity index is 1.65. The summed E-state index contributed by atoms with van der Waals surface area (Å²) in [7, 11) is 0. The molecule has 23 heavy (non-hydrogen) atoms. The van der Waals surface area contributed by atoms with Crippen molar-refractivity contribution in [2.24, 2.45) is 0 Å². The van der Waals surface area contributed by atoms with E-state index in [4.69, 9.17) is 4.74 Å². The number of thioether (sulfide) groups is 1. The predicted octanol–water partition coefficient (Wildman–Crippen LogP) is 3.30. The first-order valence-corrected chi connectivity index (χ1v) is 8.91. The summed E-state index contributed by atoms with van der Waals surface area (Å²) < 4.78 is 17.9. The van der Waals surface area contributed by atoms with E-state index in [0.717, 1.165) is 30.6 Å². The van der Waals surface area contributed by atoms with Crippen LogP contribution in [0, 0.1) is 5.82 Å². The summed E-state index contributed by atoms with van der Waals surface area (Å²) >= 11 is 1.45. The van der Waals surface area contributed by atoms with E-state index in [1.165, 1.54) is 23.9 Å². The largest absolute Gasteiger partial charge is 0.453 e. The molecule has 1 amide bonds. The van der Waals surface area contributed by atoms with Crippen LogP contribution in [-0.4, -0.2) is 29.8 Å². The van der Waals surface area contributed by atoms with Crippen LogP contribution in [0.25, 0.3) is 0 Å². The van der Waals surface area contributed by atoms with Crippen molar-refractivity contribution in [3.8, 4) is 0 Å². The molecule has 1 fully saturated rings. The van der Waals surface area contributed by atoms with Crippen LogP contribution >= 0.6 is 11.8 Å². The average Bonchev–Trinajstić information content (AvgIpc) is 3.02. The van der Waals surface area contributed by atoms with Crippen LogP contribution in [0.3, 0.4) is 0 Å². The average molecular weight is 339 g/mol. The van der Waals surface area contributed by atoms with Gasteiger partial charge >= 0.3 is 5.97 Å². The molecule has 1 saturated carbocycles. The molecule has 0 unspecified atom stereocenters. The molecule has 0 heterocycles. The lowest BCUT2D eigenvalue weighted by Crippen LogP contribution is -2.40. The molecule has 1 aliphatic rings. The van der Waals surface area contributed by atoms with Gasteiger partial charge in [0.1, 0.15) is 5.82 Å². The van der Waals surface area contributed by atoms with Crippen molar-refractivity contribution in [3.63, 3.8) is 0 Å². The molecule has 0 saturated heterocycles. The summed E-state index contributed by atoms with van der Waals surface area (Å²) in [5.74, 6) is -0.373. The van der Waals surface area contributed by atoms with Gasteiger partial charge in [0.15, 0.2) is 6.10 Å². The number of amides is 1. The molecule has 0 aliphatic heterocycles. The summed E-state index contributed by atoms with van der Waals surface area (Å²) in [4.78, 5) is 24.6. The van der Waals surface area contributed by atoms with Crippen LogP contribution in [0.4, 0.5) is 4.39 Å². The molecule has 126 valence electrons. The maximum Gasteiger partial charge on any atom is 0.307 e. The minimum atomic E-state index is -0.765. The molecule has 1 aromatic rings. The van der Waals surface area contributed by atoms with Crippen LogP contribution < -0.4 is 5.32 Å². The van der Waals surface area contributed by atoms with Gasteiger partial charge in [-0.1, -0.05) is 12.8 Å². The quantitative estimate of drug-likeness (QED) is 0.612. The maximum atomic E-state index is 12.8. The van der Waals surface area contributed by atoms with Crippen LogP contribution in [0.1, 0.15) is 39.0 Å². The summed E-state index contributed by atoms with van der Waals surface area (Å²) in [5.41, 5.74) is 0. The molecule has 0 aromatic heterocycles. The van der Waals surface area contributed by atoms with Crippen molar-refractivity contribution in [3.05, 3.63) is 30.1 Å². The Morgan fingerprint density at radius 2 is 1.96 bits per heavy atom. The Kier molecular flexibility index (Phi) is 6.89. The molecule has 1 aromatic carbocycles. The van der Waals surface area contributed by atoms with Gasteiger partial charge in [0.2, 0.25) is 0 Å². The Morgan fingerprint density at radius 3 is 2.61 bits per heavy atom. The first-order valence-electron chi connectivity index (χ1n) is 7.93. The maximum absolute atomic E-state index is 12.8. The highest BCUT2D eigenvalue weighted by Gasteiger charge is 2.22. The van der Waals surface area contributed by atoms with Gasteiger partial charge in [-0.25, -0.2) is 4.39 Å². The molecule has 6 heteroatoms. The van der Waals surface area contributed by atoms with E-state index in [9.17, 15) is 14.0 Å². The third-order valence-corrected chi connectivity index (χ3v) is 4.78. The van der Waals surface area contributed by atoms with Crippen molar-refractivity contribution in [2.45, 2.75) is 56.1 Å². The topological polar surface area (TPSA) is 55.4 Å². The second-order valence-corrected chi connectivity index (χ2v) is 6.84. The number of halogens is 1. The Morgan fingerprint density at radius 1 is 1.30 bits per heavy atom. The zero-order valence-corrected chi connectivity index (χ0v) is 14.0. The number of ether oxygens (including phenoxy) is 1. The number of carbonyl (C=O) groups is 2. The van der Waals surface area contributed by atoms with Gasteiger partial charge in [-0.15, -0.1) is 11.8 Å². The molecule has 0 spiro atoms. The van der Waals surface area contributed by atoms with E-state index in [1.807, 2.05) is 0 Å². The predicted molar refractivity (Wildman–Crippen MR) is 87.7 cm³/mol. The molecular formula is C17H22FNO3S. The van der Waals surface area contributed by atoms with E-state index in [0.29, 0.717) is 5.75 Å². The monoisotopic (exact) mass is 339 g/mol. The summed E-state index contributed by atoms with van der Waals surface area (Å²) in [6, 6.07) is 6.33. The lowest BCUT2D eigenvalue weighted by atomic mass is 10.2. The minimum absolute atomic E-state index is 0.211. The number of hydrogen-bond donors (Lipinski definition) is 1. The second kappa shape index (κ2) is 8.91. The fourth-order valence-electron chi connectivity index (χ4n) is 2.48. The molecule has 4 nitrogen and oxygen atoms in total. The third-order valence-electron chi connectivity index (χ3n) is 3.77. The van der Waals surface area contributed by atoms with Crippen molar-refractivity contribution in [1.29, 1.82) is 0 Å². The number of benzene rings is 1. The van der Waals surface area contributed by atoms with Gasteiger partial charge in [-0.3, -0.25) is 9.59 Å². The van der Waals surface area contributed by atoms with Gasteiger partial charge < -0.3 is 10.1 Å². The highest BCUT2D eigenvalue weighted by atomic mass is 32.2. The van der Waals surface area contributed by atoms with E-state index < -0.39 is 12.1 Å². The lowest BCUT2D eigenvalue weighted by Gasteiger charge is -2.17. The van der Waals surface area contributed by atoms with E-state index >= 15 is 0 Å². The van der Waals surface area contributed by atoms with Gasteiger partial charge in [0.25, 0.3) is 5.91 Å². The number of esters is 1. The molecule has 2 rings (SSSR count). The second-order valence-electron chi connectivity index (χ2n) is 5.67. The molecule has 1 atom stereocenters. The normalized spacial score (nSPS) is 16.1. The number of nitrogens with one attached hydrogen (secondary N) is 1. The molecule has 1 N–H and O–H groups in total. The first-order chi connectivity index (χ1) is 11.0. The standard InChI is InChI=1S/C17H22FNO3S/c1-12(17(21)19-14-4-2-3-5-14)22-16(20)10-11-23-15-8-6-13(18)7-9-15/h6-9,12,14H,2-5,10-11H2,1H3,(H,19,21)/t12-/m1/s1. The Bertz CT molecular complexity index is 529. The van der Waals surface area contributed by atoms with Gasteiger partial charge in [0.05, 0.1) is 6.42 Å². The number of rotatable bonds is 7. The van der Waals surface area contributed by atoms with Crippen LogP contribution in [0.5, 0.6) is 0 Å². The zero-order valence-electron chi connectivity index (χ0n) is 13.2. The highest BCUT2D eigenvalue weighted by Crippen LogP contribution is 2.19. The van der Waals surface area contributed by atoms with E-state index in [-0.39, 0.29) is 24.2 Å². The minimum Gasteiger partial charge on any atom is -0.453 e. The van der Waals surface area contributed by atoms with Gasteiger partial charge in [-0.05, 0) is 44.0 Å². The fourth-order valence-corrected chi connectivity index (χ4v) is 3.31. The smallest absolute Gasteiger partial charge is 0.307 e. The third kappa shape index (κ3) is 6.22. The lowest BCUT2D eigenvalue weighted by molar-refractivity contribution is -0.154. The fraction of sp³-hybridized carbons (Fsp3) is 0.529. The first kappa shape index (κ1) is 17.8. The van der Waals surface area contributed by atoms with Gasteiger partial charge in [-0.2, -0.15) is 0 Å².